The van der Waals surface area contributed by atoms with Crippen molar-refractivity contribution in [3.05, 3.63) is 0 Å². The van der Waals surface area contributed by atoms with Gasteiger partial charge in [-0.25, -0.2) is 5.48 Å². The number of aliphatic hydroxyl groups excluding tert-OH is 1. The molecule has 0 aromatic carbocycles. The molecule has 0 unspecified atom stereocenters. The Hall–Kier alpha value is -0.200. The normalized spacial score (nSPS) is 11.5. The molecule has 2 N–H and O–H groups in total. The second kappa shape index (κ2) is 19.8. The van der Waals surface area contributed by atoms with Crippen molar-refractivity contribution in [1.29, 1.82) is 0 Å². The molecule has 0 radical (unpaired) electrons. The van der Waals surface area contributed by atoms with E-state index in [1.54, 1.807) is 0 Å². The van der Waals surface area contributed by atoms with E-state index < -0.39 is 0 Å². The molecule has 0 aliphatic rings. The summed E-state index contributed by atoms with van der Waals surface area (Å²) < 4.78 is 11.4. The Morgan fingerprint density at radius 3 is 1.83 bits per heavy atom. The van der Waals surface area contributed by atoms with E-state index in [-0.39, 0.29) is 12.7 Å². The largest absolute Gasteiger partial charge is 0.396 e. The minimum atomic E-state index is -0.0916. The lowest BCUT2D eigenvalue weighted by molar-refractivity contribution is -0.101. The maximum atomic E-state index is 8.77. The minimum absolute atomic E-state index is 0.0916. The highest BCUT2D eigenvalue weighted by Gasteiger charge is 2.10. The summed E-state index contributed by atoms with van der Waals surface area (Å²) in [5, 5.41) is 8.77. The van der Waals surface area contributed by atoms with E-state index in [0.29, 0.717) is 26.2 Å². The predicted octanol–water partition coefficient (Wildman–Crippen LogP) is 3.45. The topological polar surface area (TPSA) is 60.0 Å². The summed E-state index contributed by atoms with van der Waals surface area (Å²) in [6.45, 7) is 7.89. The number of aliphatic hydroxyl groups is 1. The van der Waals surface area contributed by atoms with Crippen molar-refractivity contribution in [2.45, 2.75) is 77.7 Å². The lowest BCUT2D eigenvalue weighted by Gasteiger charge is -2.18. The molecule has 23 heavy (non-hydrogen) atoms. The van der Waals surface area contributed by atoms with Crippen molar-refractivity contribution < 1.29 is 19.4 Å². The maximum absolute atomic E-state index is 8.77. The third kappa shape index (κ3) is 18.0. The van der Waals surface area contributed by atoms with Crippen molar-refractivity contribution in [3.63, 3.8) is 0 Å². The van der Waals surface area contributed by atoms with Crippen LogP contribution in [0.1, 0.15) is 71.6 Å². The van der Waals surface area contributed by atoms with E-state index in [1.165, 1.54) is 38.5 Å². The van der Waals surface area contributed by atoms with Crippen LogP contribution >= 0.6 is 0 Å². The predicted molar refractivity (Wildman–Crippen MR) is 94.5 cm³/mol. The Bertz CT molecular complexity index is 201. The number of hydrogen-bond donors (Lipinski definition) is 2. The van der Waals surface area contributed by atoms with Gasteiger partial charge in [0.05, 0.1) is 13.2 Å². The van der Waals surface area contributed by atoms with Crippen LogP contribution in [0.2, 0.25) is 0 Å². The first-order chi connectivity index (χ1) is 11.3. The first-order valence-corrected chi connectivity index (χ1v) is 9.50. The van der Waals surface area contributed by atoms with Gasteiger partial charge in [-0.3, -0.25) is 4.84 Å². The van der Waals surface area contributed by atoms with Crippen molar-refractivity contribution in [2.75, 3.05) is 39.6 Å². The molecule has 0 rings (SSSR count). The molecule has 0 fully saturated rings. The van der Waals surface area contributed by atoms with Crippen LogP contribution < -0.4 is 5.48 Å². The lowest BCUT2D eigenvalue weighted by atomic mass is 10.2. The lowest BCUT2D eigenvalue weighted by Crippen LogP contribution is -2.33. The fourth-order valence-electron chi connectivity index (χ4n) is 2.14. The van der Waals surface area contributed by atoms with Gasteiger partial charge in [0, 0.05) is 26.4 Å². The Labute approximate surface area is 143 Å². The molecule has 0 aliphatic heterocycles. The zero-order valence-electron chi connectivity index (χ0n) is 15.4. The van der Waals surface area contributed by atoms with Crippen molar-refractivity contribution in [2.24, 2.45) is 0 Å². The molecule has 0 saturated carbocycles. The summed E-state index contributed by atoms with van der Waals surface area (Å²) in [5.74, 6) is 0. The van der Waals surface area contributed by atoms with Gasteiger partial charge in [-0.15, -0.1) is 0 Å². The molecule has 5 nitrogen and oxygen atoms in total. The highest BCUT2D eigenvalue weighted by Crippen LogP contribution is 2.02. The van der Waals surface area contributed by atoms with Gasteiger partial charge in [0.15, 0.2) is 0 Å². The van der Waals surface area contributed by atoms with Gasteiger partial charge in [0.25, 0.3) is 0 Å². The number of hydrogen-bond acceptors (Lipinski definition) is 5. The molecule has 0 heterocycles. The number of nitrogens with one attached hydrogen (secondary N) is 1. The first kappa shape index (κ1) is 22.8. The van der Waals surface area contributed by atoms with E-state index in [2.05, 4.69) is 19.3 Å². The quantitative estimate of drug-likeness (QED) is 0.280. The molecule has 0 aromatic heterocycles. The Balaban J connectivity index is 3.70. The molecule has 0 spiro atoms. The van der Waals surface area contributed by atoms with Crippen molar-refractivity contribution in [1.82, 2.24) is 5.48 Å². The average molecular weight is 334 g/mol. The third-order valence-corrected chi connectivity index (χ3v) is 3.58. The number of rotatable bonds is 19. The first-order valence-electron chi connectivity index (χ1n) is 9.50. The summed E-state index contributed by atoms with van der Waals surface area (Å²) in [5.41, 5.74) is 2.89. The van der Waals surface area contributed by atoms with Crippen molar-refractivity contribution in [3.8, 4) is 0 Å². The zero-order chi connectivity index (χ0) is 17.0. The fraction of sp³-hybridized carbons (Fsp3) is 1.00. The number of unbranched alkanes of at least 4 members (excludes halogenated alkanes) is 6. The highest BCUT2D eigenvalue weighted by atomic mass is 16.7. The molecule has 5 heteroatoms. The number of hydroxylamine groups is 1. The van der Waals surface area contributed by atoms with Gasteiger partial charge >= 0.3 is 0 Å². The van der Waals surface area contributed by atoms with Gasteiger partial charge in [-0.05, 0) is 19.3 Å². The molecule has 0 amide bonds. The van der Waals surface area contributed by atoms with Gasteiger partial charge in [-0.1, -0.05) is 52.4 Å². The third-order valence-electron chi connectivity index (χ3n) is 3.58. The van der Waals surface area contributed by atoms with Gasteiger partial charge < -0.3 is 14.6 Å². The summed E-state index contributed by atoms with van der Waals surface area (Å²) >= 11 is 0. The van der Waals surface area contributed by atoms with Crippen LogP contribution in [0.3, 0.4) is 0 Å². The molecule has 0 aromatic rings. The minimum Gasteiger partial charge on any atom is -0.396 e. The maximum Gasteiger partial charge on any atom is 0.125 e. The smallest absolute Gasteiger partial charge is 0.125 e. The molecule has 140 valence electrons. The SMILES string of the molecule is CCCCCCOCC(COCCCCCC)ONCCCO. The Kier molecular flexibility index (Phi) is 19.7. The van der Waals surface area contributed by atoms with Crippen LogP contribution in [0.15, 0.2) is 0 Å². The van der Waals surface area contributed by atoms with Crippen LogP contribution in [-0.4, -0.2) is 50.8 Å². The van der Waals surface area contributed by atoms with E-state index in [1.807, 2.05) is 0 Å². The summed E-state index contributed by atoms with van der Waals surface area (Å²) in [4.78, 5) is 5.59. The number of ether oxygens (including phenoxy) is 2. The van der Waals surface area contributed by atoms with Gasteiger partial charge in [0.2, 0.25) is 0 Å². The van der Waals surface area contributed by atoms with E-state index in [9.17, 15) is 0 Å². The molecule has 0 bridgehead atoms. The van der Waals surface area contributed by atoms with Crippen LogP contribution in [0.25, 0.3) is 0 Å². The van der Waals surface area contributed by atoms with E-state index in [4.69, 9.17) is 19.4 Å². The molecular formula is C18H39NO4. The van der Waals surface area contributed by atoms with Crippen LogP contribution in [0, 0.1) is 0 Å². The molecule has 0 atom stereocenters. The monoisotopic (exact) mass is 333 g/mol. The summed E-state index contributed by atoms with van der Waals surface area (Å²) in [6, 6.07) is 0. The summed E-state index contributed by atoms with van der Waals surface area (Å²) in [7, 11) is 0. The van der Waals surface area contributed by atoms with Crippen LogP contribution in [0.4, 0.5) is 0 Å². The van der Waals surface area contributed by atoms with Crippen molar-refractivity contribution >= 4 is 0 Å². The van der Waals surface area contributed by atoms with E-state index in [0.717, 1.165) is 26.1 Å². The second-order valence-electron chi connectivity index (χ2n) is 5.98. The Morgan fingerprint density at radius 2 is 1.35 bits per heavy atom. The second-order valence-corrected chi connectivity index (χ2v) is 5.98. The summed E-state index contributed by atoms with van der Waals surface area (Å²) in [6.07, 6.45) is 10.3. The van der Waals surface area contributed by atoms with Crippen LogP contribution in [-0.2, 0) is 14.3 Å². The molecule has 0 saturated heterocycles. The fourth-order valence-corrected chi connectivity index (χ4v) is 2.14. The Morgan fingerprint density at radius 1 is 0.783 bits per heavy atom. The van der Waals surface area contributed by atoms with Gasteiger partial charge in [-0.2, -0.15) is 0 Å². The zero-order valence-corrected chi connectivity index (χ0v) is 15.4. The van der Waals surface area contributed by atoms with E-state index >= 15 is 0 Å². The standard InChI is InChI=1S/C18H39NO4/c1-3-5-7-9-14-21-16-18(23-19-12-11-13-20)17-22-15-10-8-6-4-2/h18-20H,3-17H2,1-2H3. The highest BCUT2D eigenvalue weighted by molar-refractivity contribution is 4.55. The average Bonchev–Trinajstić information content (AvgIpc) is 2.57. The molecular weight excluding hydrogens is 294 g/mol. The van der Waals surface area contributed by atoms with Crippen LogP contribution in [0.5, 0.6) is 0 Å². The van der Waals surface area contributed by atoms with Gasteiger partial charge in [0.1, 0.15) is 6.10 Å². The molecule has 0 aliphatic carbocycles.